The van der Waals surface area contributed by atoms with E-state index < -0.39 is 5.97 Å². The van der Waals surface area contributed by atoms with Crippen molar-refractivity contribution in [1.29, 1.82) is 0 Å². The van der Waals surface area contributed by atoms with E-state index in [-0.39, 0.29) is 12.1 Å². The van der Waals surface area contributed by atoms with Crippen molar-refractivity contribution >= 4 is 5.97 Å². The van der Waals surface area contributed by atoms with Crippen LogP contribution in [0, 0.1) is 0 Å². The number of carboxylic acids is 1. The van der Waals surface area contributed by atoms with Gasteiger partial charge in [-0.1, -0.05) is 6.42 Å². The molecule has 0 saturated carbocycles. The summed E-state index contributed by atoms with van der Waals surface area (Å²) in [4.78, 5) is 23.7. The Morgan fingerprint density at radius 3 is 2.79 bits per heavy atom. The van der Waals surface area contributed by atoms with E-state index in [1.54, 1.807) is 17.0 Å². The van der Waals surface area contributed by atoms with Gasteiger partial charge < -0.3 is 10.1 Å². The first-order chi connectivity index (χ1) is 6.70. The summed E-state index contributed by atoms with van der Waals surface area (Å²) in [6.07, 6.45) is 5.85. The van der Waals surface area contributed by atoms with Gasteiger partial charge in [0, 0.05) is 25.4 Å². The van der Waals surface area contributed by atoms with Crippen molar-refractivity contribution in [3.63, 3.8) is 0 Å². The molecule has 0 aromatic carbocycles. The average Bonchev–Trinajstić information content (AvgIpc) is 2.51. The van der Waals surface area contributed by atoms with Gasteiger partial charge in [0.15, 0.2) is 0 Å². The van der Waals surface area contributed by atoms with Gasteiger partial charge in [-0.3, -0.25) is 9.36 Å². The van der Waals surface area contributed by atoms with Crippen LogP contribution in [0.1, 0.15) is 25.7 Å². The number of hydrogen-bond acceptors (Lipinski definition) is 2. The number of nitrogens with one attached hydrogen (secondary N) is 1. The maximum atomic E-state index is 11.0. The van der Waals surface area contributed by atoms with Crippen molar-refractivity contribution in [1.82, 2.24) is 9.55 Å². The predicted molar refractivity (Wildman–Crippen MR) is 51.2 cm³/mol. The minimum atomic E-state index is -0.760. The van der Waals surface area contributed by atoms with Crippen molar-refractivity contribution < 1.29 is 9.90 Å². The van der Waals surface area contributed by atoms with Crippen molar-refractivity contribution in [2.45, 2.75) is 32.2 Å². The van der Waals surface area contributed by atoms with Gasteiger partial charge in [-0.15, -0.1) is 0 Å². The number of hydrogen-bond donors (Lipinski definition) is 2. The fourth-order valence-corrected chi connectivity index (χ4v) is 1.26. The highest BCUT2D eigenvalue weighted by atomic mass is 16.4. The number of H-pyrrole nitrogens is 1. The number of unbranched alkanes of at least 4 members (excludes halogenated alkanes) is 2. The number of aromatic amines is 1. The third-order valence-corrected chi connectivity index (χ3v) is 2.01. The molecule has 2 N–H and O–H groups in total. The molecule has 0 radical (unpaired) electrons. The summed E-state index contributed by atoms with van der Waals surface area (Å²) < 4.78 is 1.58. The number of imidazole rings is 1. The standard InChI is InChI=1S/C9H14N2O3/c12-8(13)4-2-1-3-6-11-7-5-10-9(11)14/h5,7H,1-4,6H2,(H,10,14)(H,12,13). The summed E-state index contributed by atoms with van der Waals surface area (Å²) in [6.45, 7) is 0.655. The predicted octanol–water partition coefficient (Wildman–Crippen LogP) is 0.821. The van der Waals surface area contributed by atoms with Crippen LogP contribution in [0.25, 0.3) is 0 Å². The van der Waals surface area contributed by atoms with Gasteiger partial charge in [-0.2, -0.15) is 0 Å². The van der Waals surface area contributed by atoms with E-state index in [1.807, 2.05) is 0 Å². The number of rotatable bonds is 6. The lowest BCUT2D eigenvalue weighted by Crippen LogP contribution is -2.16. The first-order valence-corrected chi connectivity index (χ1v) is 4.66. The quantitative estimate of drug-likeness (QED) is 0.664. The molecule has 0 bridgehead atoms. The van der Waals surface area contributed by atoms with Crippen LogP contribution in [0.4, 0.5) is 0 Å². The number of aryl methyl sites for hydroxylation is 1. The van der Waals surface area contributed by atoms with Gasteiger partial charge >= 0.3 is 11.7 Å². The van der Waals surface area contributed by atoms with Crippen LogP contribution in [-0.2, 0) is 11.3 Å². The summed E-state index contributed by atoms with van der Waals surface area (Å²) >= 11 is 0. The Hall–Kier alpha value is -1.52. The first kappa shape index (κ1) is 10.6. The molecule has 1 aromatic heterocycles. The Balaban J connectivity index is 2.13. The Morgan fingerprint density at radius 2 is 2.21 bits per heavy atom. The van der Waals surface area contributed by atoms with E-state index in [4.69, 9.17) is 5.11 Å². The molecule has 1 heterocycles. The smallest absolute Gasteiger partial charge is 0.325 e. The summed E-state index contributed by atoms with van der Waals surface area (Å²) in [6, 6.07) is 0. The molecule has 1 aromatic rings. The molecular weight excluding hydrogens is 184 g/mol. The molecular formula is C9H14N2O3. The lowest BCUT2D eigenvalue weighted by atomic mass is 10.2. The van der Waals surface area contributed by atoms with Gasteiger partial charge in [0.2, 0.25) is 0 Å². The van der Waals surface area contributed by atoms with Crippen molar-refractivity contribution in [3.05, 3.63) is 22.9 Å². The summed E-state index contributed by atoms with van der Waals surface area (Å²) in [5, 5.41) is 8.38. The first-order valence-electron chi connectivity index (χ1n) is 4.66. The molecule has 0 aliphatic heterocycles. The van der Waals surface area contributed by atoms with Crippen LogP contribution in [0.15, 0.2) is 17.2 Å². The van der Waals surface area contributed by atoms with Crippen LogP contribution in [0.3, 0.4) is 0 Å². The minimum Gasteiger partial charge on any atom is -0.481 e. The third-order valence-electron chi connectivity index (χ3n) is 2.01. The Labute approximate surface area is 81.4 Å². The van der Waals surface area contributed by atoms with Gasteiger partial charge in [0.25, 0.3) is 0 Å². The maximum Gasteiger partial charge on any atom is 0.325 e. The van der Waals surface area contributed by atoms with Crippen molar-refractivity contribution in [2.75, 3.05) is 0 Å². The van der Waals surface area contributed by atoms with Crippen LogP contribution in [0.5, 0.6) is 0 Å². The van der Waals surface area contributed by atoms with Crippen LogP contribution in [0.2, 0.25) is 0 Å². The molecule has 0 aliphatic rings. The summed E-state index contributed by atoms with van der Waals surface area (Å²) in [5.41, 5.74) is -0.108. The van der Waals surface area contributed by atoms with E-state index >= 15 is 0 Å². The highest BCUT2D eigenvalue weighted by molar-refractivity contribution is 5.66. The van der Waals surface area contributed by atoms with Gasteiger partial charge in [0.05, 0.1) is 0 Å². The fraction of sp³-hybridized carbons (Fsp3) is 0.556. The molecule has 0 saturated heterocycles. The molecule has 5 heteroatoms. The Morgan fingerprint density at radius 1 is 1.43 bits per heavy atom. The molecule has 0 amide bonds. The fourth-order valence-electron chi connectivity index (χ4n) is 1.26. The molecule has 0 aliphatic carbocycles. The molecule has 1 rings (SSSR count). The van der Waals surface area contributed by atoms with E-state index in [0.29, 0.717) is 13.0 Å². The maximum absolute atomic E-state index is 11.0. The lowest BCUT2D eigenvalue weighted by molar-refractivity contribution is -0.137. The second kappa shape index (κ2) is 5.26. The largest absolute Gasteiger partial charge is 0.481 e. The van der Waals surface area contributed by atoms with E-state index in [9.17, 15) is 9.59 Å². The van der Waals surface area contributed by atoms with Crippen LogP contribution >= 0.6 is 0 Å². The topological polar surface area (TPSA) is 75.1 Å². The highest BCUT2D eigenvalue weighted by Gasteiger charge is 1.98. The Bertz CT molecular complexity index is 340. The number of carbonyl (C=O) groups is 1. The second-order valence-electron chi connectivity index (χ2n) is 3.16. The van der Waals surface area contributed by atoms with E-state index in [0.717, 1.165) is 12.8 Å². The second-order valence-corrected chi connectivity index (χ2v) is 3.16. The van der Waals surface area contributed by atoms with Gasteiger partial charge in [-0.05, 0) is 12.8 Å². The average molecular weight is 198 g/mol. The summed E-state index contributed by atoms with van der Waals surface area (Å²) in [5.74, 6) is -0.760. The van der Waals surface area contributed by atoms with E-state index in [1.165, 1.54) is 0 Å². The Kier molecular flexibility index (Phi) is 3.97. The third kappa shape index (κ3) is 3.47. The lowest BCUT2D eigenvalue weighted by Gasteiger charge is -1.99. The monoisotopic (exact) mass is 198 g/mol. The molecule has 5 nitrogen and oxygen atoms in total. The van der Waals surface area contributed by atoms with Crippen LogP contribution in [-0.4, -0.2) is 20.6 Å². The van der Waals surface area contributed by atoms with Crippen LogP contribution < -0.4 is 5.69 Å². The summed E-state index contributed by atoms with van der Waals surface area (Å²) in [7, 11) is 0. The molecule has 0 fully saturated rings. The molecule has 0 spiro atoms. The number of aliphatic carboxylic acids is 1. The zero-order valence-corrected chi connectivity index (χ0v) is 7.90. The SMILES string of the molecule is O=C(O)CCCCCn1cc[nH]c1=O. The number of aromatic nitrogens is 2. The molecule has 0 unspecified atom stereocenters. The van der Waals surface area contributed by atoms with E-state index in [2.05, 4.69) is 4.98 Å². The molecule has 14 heavy (non-hydrogen) atoms. The van der Waals surface area contributed by atoms with Gasteiger partial charge in [0.1, 0.15) is 0 Å². The normalized spacial score (nSPS) is 10.3. The van der Waals surface area contributed by atoms with Crippen molar-refractivity contribution in [3.8, 4) is 0 Å². The number of carboxylic acid groups (broad SMARTS) is 1. The number of nitrogens with zero attached hydrogens (tertiary/aromatic N) is 1. The van der Waals surface area contributed by atoms with Gasteiger partial charge in [-0.25, -0.2) is 4.79 Å². The zero-order chi connectivity index (χ0) is 10.4. The zero-order valence-electron chi connectivity index (χ0n) is 7.90. The van der Waals surface area contributed by atoms with Crippen molar-refractivity contribution in [2.24, 2.45) is 0 Å². The minimum absolute atomic E-state index is 0.108. The molecule has 0 atom stereocenters. The highest BCUT2D eigenvalue weighted by Crippen LogP contribution is 2.00. The molecule has 78 valence electrons.